The Labute approximate surface area is 182 Å². The molecule has 4 aromatic rings. The van der Waals surface area contributed by atoms with Crippen LogP contribution < -0.4 is 5.73 Å². The van der Waals surface area contributed by atoms with Crippen LogP contribution in [-0.4, -0.2) is 10.5 Å². The van der Waals surface area contributed by atoms with Gasteiger partial charge in [-0.2, -0.15) is 13.2 Å². The first kappa shape index (κ1) is 21.9. The molecule has 1 amide bonds. The van der Waals surface area contributed by atoms with Crippen LogP contribution in [0.1, 0.15) is 46.8 Å². The summed E-state index contributed by atoms with van der Waals surface area (Å²) in [5.41, 5.74) is 6.58. The molecule has 1 heterocycles. The van der Waals surface area contributed by atoms with Crippen molar-refractivity contribution < 1.29 is 22.4 Å². The number of carbonyl (C=O) groups excluding carboxylic acids is 1. The van der Waals surface area contributed by atoms with Crippen molar-refractivity contribution in [1.29, 1.82) is 0 Å². The van der Waals surface area contributed by atoms with Crippen LogP contribution in [0.5, 0.6) is 0 Å². The normalized spacial score (nSPS) is 12.0. The summed E-state index contributed by atoms with van der Waals surface area (Å²) in [7, 11) is 0. The van der Waals surface area contributed by atoms with Crippen LogP contribution in [0.2, 0.25) is 0 Å². The van der Waals surface area contributed by atoms with Gasteiger partial charge in [0.15, 0.2) is 0 Å². The van der Waals surface area contributed by atoms with Crippen molar-refractivity contribution in [3.63, 3.8) is 0 Å². The number of amides is 1. The van der Waals surface area contributed by atoms with Gasteiger partial charge < -0.3 is 10.3 Å². The Bertz CT molecular complexity index is 1320. The minimum absolute atomic E-state index is 0.275. The number of nitrogens with zero attached hydrogens (tertiary/aromatic N) is 1. The monoisotopic (exact) mass is 442 g/mol. The molecule has 0 aliphatic rings. The summed E-state index contributed by atoms with van der Waals surface area (Å²) >= 11 is 0. The fourth-order valence-electron chi connectivity index (χ4n) is 4.24. The Morgan fingerprint density at radius 2 is 1.78 bits per heavy atom. The van der Waals surface area contributed by atoms with E-state index in [-0.39, 0.29) is 12.1 Å². The van der Waals surface area contributed by atoms with Crippen molar-refractivity contribution in [3.05, 3.63) is 82.7 Å². The highest BCUT2D eigenvalue weighted by atomic mass is 19.4. The molecular formula is C25H22F4N2O. The second kappa shape index (κ2) is 8.30. The second-order valence-corrected chi connectivity index (χ2v) is 7.87. The van der Waals surface area contributed by atoms with E-state index in [4.69, 9.17) is 5.73 Å². The molecule has 3 nitrogen and oxygen atoms in total. The molecule has 0 atom stereocenters. The summed E-state index contributed by atoms with van der Waals surface area (Å²) in [5.74, 6) is -1.56. The summed E-state index contributed by atoms with van der Waals surface area (Å²) in [4.78, 5) is 12.1. The molecule has 3 aromatic carbocycles. The van der Waals surface area contributed by atoms with E-state index in [0.29, 0.717) is 21.8 Å². The number of rotatable bonds is 6. The number of benzene rings is 3. The van der Waals surface area contributed by atoms with Crippen molar-refractivity contribution >= 4 is 27.7 Å². The van der Waals surface area contributed by atoms with Crippen LogP contribution in [-0.2, 0) is 19.1 Å². The maximum Gasteiger partial charge on any atom is 0.416 e. The van der Waals surface area contributed by atoms with Crippen LogP contribution in [0.4, 0.5) is 17.6 Å². The van der Waals surface area contributed by atoms with Crippen LogP contribution in [0.3, 0.4) is 0 Å². The highest BCUT2D eigenvalue weighted by molar-refractivity contribution is 6.18. The Morgan fingerprint density at radius 1 is 1.03 bits per heavy atom. The third kappa shape index (κ3) is 3.83. The molecule has 0 radical (unpaired) electrons. The molecule has 0 aliphatic heterocycles. The molecule has 2 N–H and O–H groups in total. The number of fused-ring (bicyclic) bond motifs is 3. The van der Waals surface area contributed by atoms with E-state index >= 15 is 0 Å². The van der Waals surface area contributed by atoms with Gasteiger partial charge in [0.25, 0.3) is 0 Å². The quantitative estimate of drug-likeness (QED) is 0.343. The molecule has 0 bridgehead atoms. The Balaban J connectivity index is 2.02. The van der Waals surface area contributed by atoms with Gasteiger partial charge in [-0.3, -0.25) is 4.79 Å². The molecule has 4 rings (SSSR count). The summed E-state index contributed by atoms with van der Waals surface area (Å²) in [6, 6.07) is 13.6. The number of nitrogens with two attached hydrogens (primary N) is 1. The molecule has 166 valence electrons. The summed E-state index contributed by atoms with van der Waals surface area (Å²) in [5, 5.41) is 1.25. The molecule has 0 unspecified atom stereocenters. The van der Waals surface area contributed by atoms with E-state index in [1.807, 2.05) is 18.2 Å². The first-order valence-electron chi connectivity index (χ1n) is 10.4. The maximum absolute atomic E-state index is 14.6. The van der Waals surface area contributed by atoms with Gasteiger partial charge in [-0.25, -0.2) is 4.39 Å². The third-order valence-electron chi connectivity index (χ3n) is 5.78. The topological polar surface area (TPSA) is 48.0 Å². The van der Waals surface area contributed by atoms with Gasteiger partial charge in [-0.05, 0) is 48.7 Å². The highest BCUT2D eigenvalue weighted by Crippen LogP contribution is 2.37. The number of primary amides is 1. The largest absolute Gasteiger partial charge is 0.416 e. The molecule has 1 aromatic heterocycles. The standard InChI is InChI=1S/C25H22F4N2O/c1-2-3-6-15-11-12-16-22(13-15)31(21-10-4-7-17(23(16)21)24(30)32)14-18-19(25(27,28)29)8-5-9-20(18)26/h4-5,7-13H,2-3,6,14H2,1H3,(H2,30,32). The number of alkyl halides is 3. The Morgan fingerprint density at radius 3 is 2.47 bits per heavy atom. The zero-order chi connectivity index (χ0) is 23.0. The van der Waals surface area contributed by atoms with Crippen LogP contribution in [0, 0.1) is 5.82 Å². The Hall–Kier alpha value is -3.35. The first-order chi connectivity index (χ1) is 15.2. The zero-order valence-corrected chi connectivity index (χ0v) is 17.5. The van der Waals surface area contributed by atoms with Gasteiger partial charge in [0.05, 0.1) is 17.6 Å². The molecule has 32 heavy (non-hydrogen) atoms. The summed E-state index contributed by atoms with van der Waals surface area (Å²) < 4.78 is 57.1. The minimum atomic E-state index is -4.69. The number of halogens is 4. The smallest absolute Gasteiger partial charge is 0.366 e. The van der Waals surface area contributed by atoms with E-state index in [1.54, 1.807) is 22.8 Å². The van der Waals surface area contributed by atoms with Gasteiger partial charge in [0.2, 0.25) is 5.91 Å². The van der Waals surface area contributed by atoms with Gasteiger partial charge in [-0.1, -0.05) is 37.6 Å². The molecular weight excluding hydrogens is 420 g/mol. The van der Waals surface area contributed by atoms with E-state index in [0.717, 1.165) is 43.0 Å². The summed E-state index contributed by atoms with van der Waals surface area (Å²) in [6.45, 7) is 1.74. The molecule has 0 saturated heterocycles. The molecule has 7 heteroatoms. The number of hydrogen-bond acceptors (Lipinski definition) is 1. The van der Waals surface area contributed by atoms with Gasteiger partial charge in [-0.15, -0.1) is 0 Å². The van der Waals surface area contributed by atoms with Gasteiger partial charge in [0.1, 0.15) is 5.82 Å². The van der Waals surface area contributed by atoms with E-state index in [9.17, 15) is 22.4 Å². The van der Waals surface area contributed by atoms with E-state index in [1.165, 1.54) is 0 Å². The minimum Gasteiger partial charge on any atom is -0.366 e. The van der Waals surface area contributed by atoms with Gasteiger partial charge in [0, 0.05) is 27.4 Å². The number of unbranched alkanes of at least 4 members (excludes halogenated alkanes) is 1. The van der Waals surface area contributed by atoms with Crippen molar-refractivity contribution in [2.75, 3.05) is 0 Å². The van der Waals surface area contributed by atoms with Crippen molar-refractivity contribution in [1.82, 2.24) is 4.57 Å². The molecule has 0 fully saturated rings. The lowest BCUT2D eigenvalue weighted by Gasteiger charge is -2.16. The second-order valence-electron chi connectivity index (χ2n) is 7.87. The predicted molar refractivity (Wildman–Crippen MR) is 117 cm³/mol. The van der Waals surface area contributed by atoms with E-state index in [2.05, 4.69) is 6.92 Å². The third-order valence-corrected chi connectivity index (χ3v) is 5.78. The number of aromatic nitrogens is 1. The van der Waals surface area contributed by atoms with Crippen molar-refractivity contribution in [2.24, 2.45) is 5.73 Å². The number of carbonyl (C=O) groups is 1. The lowest BCUT2D eigenvalue weighted by Crippen LogP contribution is -2.14. The van der Waals surface area contributed by atoms with Crippen LogP contribution >= 0.6 is 0 Å². The predicted octanol–water partition coefficient (Wildman–Crippen LogP) is 6.44. The average molecular weight is 442 g/mol. The number of aryl methyl sites for hydroxylation is 1. The van der Waals surface area contributed by atoms with Crippen molar-refractivity contribution in [2.45, 2.75) is 38.9 Å². The molecule has 0 saturated carbocycles. The van der Waals surface area contributed by atoms with Crippen molar-refractivity contribution in [3.8, 4) is 0 Å². The number of hydrogen-bond donors (Lipinski definition) is 1. The van der Waals surface area contributed by atoms with Crippen LogP contribution in [0.15, 0.2) is 54.6 Å². The maximum atomic E-state index is 14.6. The SMILES string of the molecule is CCCCc1ccc2c3c(C(N)=O)cccc3n(Cc3c(F)cccc3C(F)(F)F)c2c1. The highest BCUT2D eigenvalue weighted by Gasteiger charge is 2.34. The lowest BCUT2D eigenvalue weighted by molar-refractivity contribution is -0.138. The van der Waals surface area contributed by atoms with Gasteiger partial charge >= 0.3 is 6.18 Å². The average Bonchev–Trinajstić information content (AvgIpc) is 3.05. The lowest BCUT2D eigenvalue weighted by atomic mass is 10.0. The molecule has 0 aliphatic carbocycles. The fraction of sp³-hybridized carbons (Fsp3) is 0.240. The Kier molecular flexibility index (Phi) is 5.67. The van der Waals surface area contributed by atoms with Crippen LogP contribution in [0.25, 0.3) is 21.8 Å². The first-order valence-corrected chi connectivity index (χ1v) is 10.4. The zero-order valence-electron chi connectivity index (χ0n) is 17.5. The summed E-state index contributed by atoms with van der Waals surface area (Å²) in [6.07, 6.45) is -1.92. The van der Waals surface area contributed by atoms with E-state index < -0.39 is 29.0 Å². The fourth-order valence-corrected chi connectivity index (χ4v) is 4.24. The molecule has 0 spiro atoms.